The highest BCUT2D eigenvalue weighted by molar-refractivity contribution is 5.97. The second kappa shape index (κ2) is 5.03. The Morgan fingerprint density at radius 2 is 2.00 bits per heavy atom. The van der Waals surface area contributed by atoms with E-state index < -0.39 is 24.2 Å². The Hall–Kier alpha value is -2.11. The van der Waals surface area contributed by atoms with Crippen molar-refractivity contribution < 1.29 is 18.0 Å². The third kappa shape index (κ3) is 2.27. The molecular formula is C12H9F3N2O. The lowest BCUT2D eigenvalue weighted by atomic mass is 10.1. The topological polar surface area (TPSA) is 42.0 Å². The summed E-state index contributed by atoms with van der Waals surface area (Å²) in [6.45, 7) is -0.835. The van der Waals surface area contributed by atoms with Crippen LogP contribution >= 0.6 is 0 Å². The van der Waals surface area contributed by atoms with E-state index in [9.17, 15) is 18.0 Å². The van der Waals surface area contributed by atoms with Crippen LogP contribution in [-0.4, -0.2) is 24.1 Å². The summed E-state index contributed by atoms with van der Waals surface area (Å²) in [6.07, 6.45) is 1.12. The van der Waals surface area contributed by atoms with E-state index in [1.165, 1.54) is 6.07 Å². The first-order valence-corrected chi connectivity index (χ1v) is 5.21. The summed E-state index contributed by atoms with van der Waals surface area (Å²) < 4.78 is 38.7. The molecule has 0 atom stereocenters. The van der Waals surface area contributed by atoms with Crippen LogP contribution in [0.2, 0.25) is 0 Å². The summed E-state index contributed by atoms with van der Waals surface area (Å²) in [6, 6.07) is 3.12. The summed E-state index contributed by atoms with van der Waals surface area (Å²) >= 11 is 0. The second-order valence-corrected chi connectivity index (χ2v) is 3.59. The third-order valence-corrected chi connectivity index (χ3v) is 2.39. The van der Waals surface area contributed by atoms with Gasteiger partial charge in [-0.3, -0.25) is 9.78 Å². The monoisotopic (exact) mass is 254 g/mol. The highest BCUT2D eigenvalue weighted by Crippen LogP contribution is 2.19. The van der Waals surface area contributed by atoms with Gasteiger partial charge < -0.3 is 5.32 Å². The van der Waals surface area contributed by atoms with Crippen molar-refractivity contribution in [1.29, 1.82) is 0 Å². The summed E-state index contributed by atoms with van der Waals surface area (Å²) in [5.41, 5.74) is -0.0857. The quantitative estimate of drug-likeness (QED) is 0.912. The first-order chi connectivity index (χ1) is 8.63. The number of nitrogens with one attached hydrogen (secondary N) is 1. The number of benzene rings is 1. The van der Waals surface area contributed by atoms with Gasteiger partial charge in [0.25, 0.3) is 5.91 Å². The van der Waals surface area contributed by atoms with Crippen LogP contribution in [0, 0.1) is 11.6 Å². The number of fused-ring (bicyclic) bond motifs is 1. The van der Waals surface area contributed by atoms with Gasteiger partial charge >= 0.3 is 0 Å². The molecule has 0 fully saturated rings. The number of carbonyl (C=O) groups excluding carboxylic acids is 1. The van der Waals surface area contributed by atoms with Crippen LogP contribution in [-0.2, 0) is 0 Å². The van der Waals surface area contributed by atoms with Crippen LogP contribution in [0.1, 0.15) is 10.4 Å². The molecule has 1 aromatic heterocycles. The Bertz CT molecular complexity index is 601. The molecule has 3 nitrogen and oxygen atoms in total. The number of alkyl halides is 1. The molecule has 0 aliphatic rings. The van der Waals surface area contributed by atoms with E-state index in [1.54, 1.807) is 0 Å². The van der Waals surface area contributed by atoms with Crippen molar-refractivity contribution in [2.45, 2.75) is 0 Å². The number of rotatable bonds is 3. The normalized spacial score (nSPS) is 10.6. The summed E-state index contributed by atoms with van der Waals surface area (Å²) in [7, 11) is 0. The molecule has 1 aromatic carbocycles. The molecule has 0 radical (unpaired) electrons. The van der Waals surface area contributed by atoms with Gasteiger partial charge in [-0.25, -0.2) is 13.2 Å². The minimum absolute atomic E-state index is 0.0560. The molecule has 0 saturated heterocycles. The summed E-state index contributed by atoms with van der Waals surface area (Å²) in [5, 5.41) is 2.20. The standard InChI is InChI=1S/C12H9F3N2O/c13-3-4-16-12(18)7-5-8-9(14)1-2-10(15)11(8)17-6-7/h1-2,5-6H,3-4H2,(H,16,18). The van der Waals surface area contributed by atoms with Gasteiger partial charge in [0.05, 0.1) is 5.56 Å². The predicted molar refractivity (Wildman–Crippen MR) is 60.0 cm³/mol. The van der Waals surface area contributed by atoms with Crippen LogP contribution < -0.4 is 5.32 Å². The third-order valence-electron chi connectivity index (χ3n) is 2.39. The summed E-state index contributed by atoms with van der Waals surface area (Å²) in [4.78, 5) is 15.2. The maximum Gasteiger partial charge on any atom is 0.252 e. The molecular weight excluding hydrogens is 245 g/mol. The van der Waals surface area contributed by atoms with E-state index >= 15 is 0 Å². The van der Waals surface area contributed by atoms with Crippen LogP contribution in [0.3, 0.4) is 0 Å². The SMILES string of the molecule is O=C(NCCF)c1cnc2c(F)ccc(F)c2c1. The van der Waals surface area contributed by atoms with Crippen molar-refractivity contribution in [1.82, 2.24) is 10.3 Å². The highest BCUT2D eigenvalue weighted by Gasteiger charge is 2.11. The minimum Gasteiger partial charge on any atom is -0.349 e. The fraction of sp³-hybridized carbons (Fsp3) is 0.167. The second-order valence-electron chi connectivity index (χ2n) is 3.59. The lowest BCUT2D eigenvalue weighted by molar-refractivity contribution is 0.0950. The van der Waals surface area contributed by atoms with Gasteiger partial charge in [-0.15, -0.1) is 0 Å². The molecule has 0 aliphatic carbocycles. The van der Waals surface area contributed by atoms with Gasteiger partial charge in [-0.1, -0.05) is 0 Å². The molecule has 0 unspecified atom stereocenters. The number of hydrogen-bond donors (Lipinski definition) is 1. The van der Waals surface area contributed by atoms with Crippen LogP contribution in [0.5, 0.6) is 0 Å². The van der Waals surface area contributed by atoms with Crippen molar-refractivity contribution in [3.8, 4) is 0 Å². The van der Waals surface area contributed by atoms with Crippen molar-refractivity contribution in [2.24, 2.45) is 0 Å². The zero-order valence-electron chi connectivity index (χ0n) is 9.21. The highest BCUT2D eigenvalue weighted by atomic mass is 19.1. The molecule has 2 aromatic rings. The number of halogens is 3. The Kier molecular flexibility index (Phi) is 3.45. The molecule has 1 N–H and O–H groups in total. The molecule has 18 heavy (non-hydrogen) atoms. The predicted octanol–water partition coefficient (Wildman–Crippen LogP) is 2.21. The van der Waals surface area contributed by atoms with Gasteiger partial charge in [0, 0.05) is 18.1 Å². The van der Waals surface area contributed by atoms with E-state index in [-0.39, 0.29) is 23.0 Å². The number of hydrogen-bond acceptors (Lipinski definition) is 2. The van der Waals surface area contributed by atoms with Crippen LogP contribution in [0.15, 0.2) is 24.4 Å². The van der Waals surface area contributed by atoms with Crippen molar-refractivity contribution >= 4 is 16.8 Å². The van der Waals surface area contributed by atoms with Gasteiger partial charge in [0.1, 0.15) is 23.8 Å². The molecule has 1 amide bonds. The molecule has 2 rings (SSSR count). The number of carbonyl (C=O) groups is 1. The average Bonchev–Trinajstić information content (AvgIpc) is 2.40. The average molecular weight is 254 g/mol. The van der Waals surface area contributed by atoms with Crippen molar-refractivity contribution in [3.63, 3.8) is 0 Å². The van der Waals surface area contributed by atoms with Crippen LogP contribution in [0.25, 0.3) is 10.9 Å². The number of aromatic nitrogens is 1. The van der Waals surface area contributed by atoms with Crippen molar-refractivity contribution in [2.75, 3.05) is 13.2 Å². The maximum absolute atomic E-state index is 13.5. The van der Waals surface area contributed by atoms with Crippen LogP contribution in [0.4, 0.5) is 13.2 Å². The van der Waals surface area contributed by atoms with Crippen molar-refractivity contribution in [3.05, 3.63) is 41.6 Å². The van der Waals surface area contributed by atoms with Gasteiger partial charge in [-0.05, 0) is 18.2 Å². The lowest BCUT2D eigenvalue weighted by Gasteiger charge is -2.05. The first kappa shape index (κ1) is 12.3. The Labute approximate surface area is 101 Å². The minimum atomic E-state index is -0.699. The molecule has 0 bridgehead atoms. The Morgan fingerprint density at radius 3 is 2.72 bits per heavy atom. The van der Waals surface area contributed by atoms with E-state index in [0.29, 0.717) is 0 Å². The number of nitrogens with zero attached hydrogens (tertiary/aromatic N) is 1. The zero-order valence-corrected chi connectivity index (χ0v) is 9.21. The molecule has 94 valence electrons. The van der Waals surface area contributed by atoms with E-state index in [1.807, 2.05) is 0 Å². The molecule has 0 saturated carbocycles. The first-order valence-electron chi connectivity index (χ1n) is 5.21. The Morgan fingerprint density at radius 1 is 1.28 bits per heavy atom. The van der Waals surface area contributed by atoms with E-state index in [2.05, 4.69) is 10.3 Å². The van der Waals surface area contributed by atoms with E-state index in [4.69, 9.17) is 0 Å². The number of pyridine rings is 1. The summed E-state index contributed by atoms with van der Waals surface area (Å²) in [5.74, 6) is -1.91. The zero-order chi connectivity index (χ0) is 13.1. The molecule has 0 aliphatic heterocycles. The van der Waals surface area contributed by atoms with E-state index in [0.717, 1.165) is 18.3 Å². The lowest BCUT2D eigenvalue weighted by Crippen LogP contribution is -2.25. The largest absolute Gasteiger partial charge is 0.349 e. The smallest absolute Gasteiger partial charge is 0.252 e. The molecule has 6 heteroatoms. The van der Waals surface area contributed by atoms with Gasteiger partial charge in [0.2, 0.25) is 0 Å². The maximum atomic E-state index is 13.5. The van der Waals surface area contributed by atoms with Gasteiger partial charge in [-0.2, -0.15) is 0 Å². The number of amides is 1. The fourth-order valence-corrected chi connectivity index (χ4v) is 1.54. The molecule has 1 heterocycles. The fourth-order valence-electron chi connectivity index (χ4n) is 1.54. The Balaban J connectivity index is 2.44. The molecule has 0 spiro atoms. The van der Waals surface area contributed by atoms with Gasteiger partial charge in [0.15, 0.2) is 0 Å².